The summed E-state index contributed by atoms with van der Waals surface area (Å²) in [6.07, 6.45) is 0. The highest BCUT2D eigenvalue weighted by Crippen LogP contribution is 2.25. The number of hydrogen-bond acceptors (Lipinski definition) is 1. The van der Waals surface area contributed by atoms with Gasteiger partial charge in [0.2, 0.25) is 0 Å². The van der Waals surface area contributed by atoms with Crippen LogP contribution in [-0.2, 0) is 0 Å². The molecule has 0 atom stereocenters. The van der Waals surface area contributed by atoms with Gasteiger partial charge in [-0.1, -0.05) is 30.3 Å². The van der Waals surface area contributed by atoms with Crippen LogP contribution in [0.25, 0.3) is 11.3 Å². The normalized spacial score (nSPS) is 10.1. The van der Waals surface area contributed by atoms with Crippen molar-refractivity contribution in [3.8, 4) is 11.3 Å². The summed E-state index contributed by atoms with van der Waals surface area (Å²) in [4.78, 5) is 4.41. The Balaban J connectivity index is 2.48. The summed E-state index contributed by atoms with van der Waals surface area (Å²) in [5.41, 5.74) is 2.10. The summed E-state index contributed by atoms with van der Waals surface area (Å²) >= 11 is 6.78. The molecule has 0 fully saturated rings. The highest BCUT2D eigenvalue weighted by atomic mass is 79.9. The number of nitrogens with zero attached hydrogens (tertiary/aromatic N) is 1. The molecule has 0 spiro atoms. The van der Waals surface area contributed by atoms with Crippen molar-refractivity contribution in [1.29, 1.82) is 0 Å². The van der Waals surface area contributed by atoms with Gasteiger partial charge in [0.1, 0.15) is 4.60 Å². The molecule has 1 heterocycles. The van der Waals surface area contributed by atoms with Gasteiger partial charge < -0.3 is 0 Å². The third-order valence-corrected chi connectivity index (χ3v) is 3.65. The summed E-state index contributed by atoms with van der Waals surface area (Å²) in [6.45, 7) is 0. The average molecular weight is 313 g/mol. The van der Waals surface area contributed by atoms with Crippen molar-refractivity contribution in [2.24, 2.45) is 0 Å². The van der Waals surface area contributed by atoms with Crippen molar-refractivity contribution in [3.05, 3.63) is 51.5 Å². The van der Waals surface area contributed by atoms with Crippen LogP contribution in [0.4, 0.5) is 0 Å². The Kier molecular flexibility index (Phi) is 2.99. The highest BCUT2D eigenvalue weighted by molar-refractivity contribution is 9.13. The zero-order valence-electron chi connectivity index (χ0n) is 7.24. The van der Waals surface area contributed by atoms with E-state index in [9.17, 15) is 0 Å². The zero-order chi connectivity index (χ0) is 9.97. The molecular weight excluding hydrogens is 306 g/mol. The maximum atomic E-state index is 4.41. The molecular formula is C11H7Br2N. The Bertz CT molecular complexity index is 440. The fraction of sp³-hybridized carbons (Fsp3) is 0. The lowest BCUT2D eigenvalue weighted by molar-refractivity contribution is 1.26. The van der Waals surface area contributed by atoms with Gasteiger partial charge in [0.25, 0.3) is 0 Å². The SMILES string of the molecule is Brc1ccc(-c2ccccc2)nc1Br. The average Bonchev–Trinajstić information content (AvgIpc) is 2.23. The topological polar surface area (TPSA) is 12.9 Å². The van der Waals surface area contributed by atoms with Crippen molar-refractivity contribution in [3.63, 3.8) is 0 Å². The molecule has 14 heavy (non-hydrogen) atoms. The van der Waals surface area contributed by atoms with Gasteiger partial charge >= 0.3 is 0 Å². The summed E-state index contributed by atoms with van der Waals surface area (Å²) in [6, 6.07) is 14.1. The predicted octanol–water partition coefficient (Wildman–Crippen LogP) is 4.27. The summed E-state index contributed by atoms with van der Waals surface area (Å²) < 4.78 is 1.80. The van der Waals surface area contributed by atoms with Crippen LogP contribution in [0.5, 0.6) is 0 Å². The monoisotopic (exact) mass is 311 g/mol. The fourth-order valence-corrected chi connectivity index (χ4v) is 1.73. The van der Waals surface area contributed by atoms with Crippen LogP contribution in [0.3, 0.4) is 0 Å². The second-order valence-electron chi connectivity index (χ2n) is 2.84. The summed E-state index contributed by atoms with van der Waals surface area (Å²) in [5.74, 6) is 0. The number of benzene rings is 1. The van der Waals surface area contributed by atoms with Gasteiger partial charge in [0.05, 0.1) is 10.2 Å². The highest BCUT2D eigenvalue weighted by Gasteiger charge is 2.01. The Labute approximate surface area is 99.4 Å². The zero-order valence-corrected chi connectivity index (χ0v) is 10.4. The largest absolute Gasteiger partial charge is 0.240 e. The second-order valence-corrected chi connectivity index (χ2v) is 4.44. The molecule has 2 aromatic rings. The van der Waals surface area contributed by atoms with Crippen molar-refractivity contribution in [2.75, 3.05) is 0 Å². The molecule has 0 aliphatic carbocycles. The summed E-state index contributed by atoms with van der Waals surface area (Å²) in [5, 5.41) is 0. The van der Waals surface area contributed by atoms with Crippen LogP contribution >= 0.6 is 31.9 Å². The predicted molar refractivity (Wildman–Crippen MR) is 65.1 cm³/mol. The van der Waals surface area contributed by atoms with Gasteiger partial charge in [-0.3, -0.25) is 0 Å². The van der Waals surface area contributed by atoms with E-state index < -0.39 is 0 Å². The third kappa shape index (κ3) is 2.04. The molecule has 0 saturated heterocycles. The van der Waals surface area contributed by atoms with Crippen molar-refractivity contribution < 1.29 is 0 Å². The van der Waals surface area contributed by atoms with E-state index in [1.807, 2.05) is 42.5 Å². The first-order valence-corrected chi connectivity index (χ1v) is 5.73. The lowest BCUT2D eigenvalue weighted by Gasteiger charge is -2.01. The quantitative estimate of drug-likeness (QED) is 0.716. The third-order valence-electron chi connectivity index (χ3n) is 1.87. The molecule has 0 aliphatic rings. The molecule has 0 radical (unpaired) electrons. The van der Waals surface area contributed by atoms with E-state index in [0.29, 0.717) is 0 Å². The minimum Gasteiger partial charge on any atom is -0.240 e. The standard InChI is InChI=1S/C11H7Br2N/c12-9-6-7-10(14-11(9)13)8-4-2-1-3-5-8/h1-7H. The van der Waals surface area contributed by atoms with Crippen molar-refractivity contribution in [1.82, 2.24) is 4.98 Å². The van der Waals surface area contributed by atoms with Gasteiger partial charge in [-0.2, -0.15) is 0 Å². The first-order chi connectivity index (χ1) is 6.77. The van der Waals surface area contributed by atoms with E-state index in [2.05, 4.69) is 36.8 Å². The molecule has 0 aliphatic heterocycles. The van der Waals surface area contributed by atoms with E-state index in [-0.39, 0.29) is 0 Å². The molecule has 0 N–H and O–H groups in total. The summed E-state index contributed by atoms with van der Waals surface area (Å²) in [7, 11) is 0. The molecule has 0 unspecified atom stereocenters. The fourth-order valence-electron chi connectivity index (χ4n) is 1.19. The van der Waals surface area contributed by atoms with E-state index in [1.165, 1.54) is 0 Å². The minimum atomic E-state index is 0.832. The molecule has 0 amide bonds. The van der Waals surface area contributed by atoms with E-state index in [1.54, 1.807) is 0 Å². The molecule has 0 saturated carbocycles. The van der Waals surface area contributed by atoms with Crippen LogP contribution in [0.15, 0.2) is 51.5 Å². The van der Waals surface area contributed by atoms with Crippen LogP contribution in [0.2, 0.25) is 0 Å². The maximum absolute atomic E-state index is 4.41. The van der Waals surface area contributed by atoms with Crippen LogP contribution in [0, 0.1) is 0 Å². The van der Waals surface area contributed by atoms with Crippen LogP contribution < -0.4 is 0 Å². The number of rotatable bonds is 1. The molecule has 2 rings (SSSR count). The van der Waals surface area contributed by atoms with Crippen LogP contribution in [-0.4, -0.2) is 4.98 Å². The molecule has 1 aromatic carbocycles. The number of pyridine rings is 1. The minimum absolute atomic E-state index is 0.832. The first kappa shape index (κ1) is 9.87. The maximum Gasteiger partial charge on any atom is 0.120 e. The Hall–Kier alpha value is -0.670. The van der Waals surface area contributed by atoms with Gasteiger partial charge in [-0.15, -0.1) is 0 Å². The lowest BCUT2D eigenvalue weighted by atomic mass is 10.1. The van der Waals surface area contributed by atoms with E-state index in [4.69, 9.17) is 0 Å². The molecule has 0 bridgehead atoms. The number of aromatic nitrogens is 1. The first-order valence-electron chi connectivity index (χ1n) is 4.15. The van der Waals surface area contributed by atoms with E-state index in [0.717, 1.165) is 20.3 Å². The lowest BCUT2D eigenvalue weighted by Crippen LogP contribution is -1.84. The molecule has 1 nitrogen and oxygen atoms in total. The van der Waals surface area contributed by atoms with Crippen molar-refractivity contribution in [2.45, 2.75) is 0 Å². The smallest absolute Gasteiger partial charge is 0.120 e. The van der Waals surface area contributed by atoms with Gasteiger partial charge in [0.15, 0.2) is 0 Å². The van der Waals surface area contributed by atoms with Gasteiger partial charge in [-0.05, 0) is 44.0 Å². The van der Waals surface area contributed by atoms with Gasteiger partial charge in [0, 0.05) is 5.56 Å². The second kappa shape index (κ2) is 4.24. The van der Waals surface area contributed by atoms with Crippen LogP contribution in [0.1, 0.15) is 0 Å². The molecule has 3 heteroatoms. The Morgan fingerprint density at radius 3 is 2.21 bits per heavy atom. The number of hydrogen-bond donors (Lipinski definition) is 0. The molecule has 70 valence electrons. The van der Waals surface area contributed by atoms with E-state index >= 15 is 0 Å². The molecule has 1 aromatic heterocycles. The number of halogens is 2. The Morgan fingerprint density at radius 1 is 0.857 bits per heavy atom. The van der Waals surface area contributed by atoms with Crippen molar-refractivity contribution >= 4 is 31.9 Å². The Morgan fingerprint density at radius 2 is 1.57 bits per heavy atom. The van der Waals surface area contributed by atoms with Gasteiger partial charge in [-0.25, -0.2) is 4.98 Å².